The maximum absolute atomic E-state index is 8.61. The molecule has 0 fully saturated rings. The summed E-state index contributed by atoms with van der Waals surface area (Å²) in [6.45, 7) is 4.10. The molecule has 1 aromatic rings. The molecule has 0 aliphatic carbocycles. The van der Waals surface area contributed by atoms with Gasteiger partial charge in [0.05, 0.1) is 6.61 Å². The maximum atomic E-state index is 8.61. The molecule has 1 N–H and O–H groups in total. The first-order chi connectivity index (χ1) is 7.63. The summed E-state index contributed by atoms with van der Waals surface area (Å²) < 4.78 is 2.08. The zero-order chi connectivity index (χ0) is 12.1. The summed E-state index contributed by atoms with van der Waals surface area (Å²) in [5, 5.41) is 8.61. The second-order valence-corrected chi connectivity index (χ2v) is 3.64. The van der Waals surface area contributed by atoms with Crippen molar-refractivity contribution in [3.8, 4) is 12.3 Å². The number of aliphatic hydroxyl groups excluding tert-OH is 1. The van der Waals surface area contributed by atoms with Gasteiger partial charge in [-0.2, -0.15) is 0 Å². The van der Waals surface area contributed by atoms with Gasteiger partial charge >= 0.3 is 0 Å². The first-order valence-corrected chi connectivity index (χ1v) is 5.20. The second-order valence-electron chi connectivity index (χ2n) is 3.64. The number of hydrogen-bond donors (Lipinski definition) is 1. The summed E-state index contributed by atoms with van der Waals surface area (Å²) in [6.07, 6.45) is 12.9. The molecule has 16 heavy (non-hydrogen) atoms. The zero-order valence-electron chi connectivity index (χ0n) is 9.99. The standard InChI is InChI=1S/C14H17NO/c1-5-13-11(2)14(15(4)12(13)3)9-7-6-8-10-16/h1,6-9,16H,10H2,2-4H3/b8-6-,9-7+. The van der Waals surface area contributed by atoms with E-state index in [9.17, 15) is 0 Å². The molecule has 0 radical (unpaired) electrons. The summed E-state index contributed by atoms with van der Waals surface area (Å²) >= 11 is 0. The molecule has 1 aromatic heterocycles. The van der Waals surface area contributed by atoms with Crippen LogP contribution in [-0.2, 0) is 7.05 Å². The van der Waals surface area contributed by atoms with Crippen molar-refractivity contribution >= 4 is 6.08 Å². The van der Waals surface area contributed by atoms with E-state index >= 15 is 0 Å². The monoisotopic (exact) mass is 215 g/mol. The van der Waals surface area contributed by atoms with E-state index < -0.39 is 0 Å². The van der Waals surface area contributed by atoms with E-state index in [0.29, 0.717) is 0 Å². The Labute approximate surface area is 96.9 Å². The van der Waals surface area contributed by atoms with Crippen LogP contribution in [0.3, 0.4) is 0 Å². The maximum Gasteiger partial charge on any atom is 0.0615 e. The average Bonchev–Trinajstić information content (AvgIpc) is 2.47. The fourth-order valence-corrected chi connectivity index (χ4v) is 1.73. The van der Waals surface area contributed by atoms with Gasteiger partial charge < -0.3 is 9.67 Å². The van der Waals surface area contributed by atoms with Crippen molar-refractivity contribution < 1.29 is 5.11 Å². The fourth-order valence-electron chi connectivity index (χ4n) is 1.73. The lowest BCUT2D eigenvalue weighted by Gasteiger charge is -1.99. The van der Waals surface area contributed by atoms with Gasteiger partial charge in [-0.15, -0.1) is 6.42 Å². The molecule has 0 spiro atoms. The number of hydrogen-bond acceptors (Lipinski definition) is 1. The number of rotatable bonds is 3. The Balaban J connectivity index is 3.11. The lowest BCUT2D eigenvalue weighted by Crippen LogP contribution is -1.93. The molecule has 0 saturated carbocycles. The summed E-state index contributed by atoms with van der Waals surface area (Å²) in [7, 11) is 2.00. The SMILES string of the molecule is C#Cc1c(C)c(/C=C/C=C\CO)n(C)c1C. The van der Waals surface area contributed by atoms with Crippen molar-refractivity contribution in [2.75, 3.05) is 6.61 Å². The average molecular weight is 215 g/mol. The predicted octanol–water partition coefficient (Wildman–Crippen LogP) is 2.18. The van der Waals surface area contributed by atoms with Crippen LogP contribution in [-0.4, -0.2) is 16.3 Å². The van der Waals surface area contributed by atoms with E-state index in [0.717, 1.165) is 22.5 Å². The van der Waals surface area contributed by atoms with Crippen molar-refractivity contribution in [1.29, 1.82) is 0 Å². The Morgan fingerprint density at radius 1 is 1.38 bits per heavy atom. The fraction of sp³-hybridized carbons (Fsp3) is 0.286. The van der Waals surface area contributed by atoms with Crippen molar-refractivity contribution in [3.63, 3.8) is 0 Å². The summed E-state index contributed by atoms with van der Waals surface area (Å²) in [4.78, 5) is 0. The summed E-state index contributed by atoms with van der Waals surface area (Å²) in [5.74, 6) is 2.71. The minimum absolute atomic E-state index is 0.0606. The van der Waals surface area contributed by atoms with Crippen LogP contribution in [0.25, 0.3) is 6.08 Å². The van der Waals surface area contributed by atoms with Crippen molar-refractivity contribution in [2.45, 2.75) is 13.8 Å². The lowest BCUT2D eigenvalue weighted by molar-refractivity contribution is 0.343. The van der Waals surface area contributed by atoms with Crippen molar-refractivity contribution in [3.05, 3.63) is 40.7 Å². The van der Waals surface area contributed by atoms with Gasteiger partial charge in [0.25, 0.3) is 0 Å². The van der Waals surface area contributed by atoms with Crippen molar-refractivity contribution in [1.82, 2.24) is 4.57 Å². The Bertz CT molecular complexity index is 470. The third-order valence-electron chi connectivity index (χ3n) is 2.74. The highest BCUT2D eigenvalue weighted by Gasteiger charge is 2.10. The number of aliphatic hydroxyl groups is 1. The van der Waals surface area contributed by atoms with Gasteiger partial charge in [-0.3, -0.25) is 0 Å². The molecule has 0 unspecified atom stereocenters. The van der Waals surface area contributed by atoms with E-state index in [1.807, 2.05) is 39.1 Å². The highest BCUT2D eigenvalue weighted by atomic mass is 16.2. The van der Waals surface area contributed by atoms with E-state index in [-0.39, 0.29) is 6.61 Å². The molecule has 0 aromatic carbocycles. The van der Waals surface area contributed by atoms with Gasteiger partial charge in [0, 0.05) is 24.0 Å². The third-order valence-corrected chi connectivity index (χ3v) is 2.74. The Kier molecular flexibility index (Phi) is 4.16. The largest absolute Gasteiger partial charge is 0.392 e. The molecule has 2 heteroatoms. The first-order valence-electron chi connectivity index (χ1n) is 5.20. The molecule has 1 rings (SSSR count). The summed E-state index contributed by atoms with van der Waals surface area (Å²) in [6, 6.07) is 0. The number of nitrogens with zero attached hydrogens (tertiary/aromatic N) is 1. The molecule has 0 aliphatic heterocycles. The molecular weight excluding hydrogens is 198 g/mol. The van der Waals surface area contributed by atoms with Gasteiger partial charge in [-0.25, -0.2) is 0 Å². The van der Waals surface area contributed by atoms with E-state index in [1.54, 1.807) is 6.08 Å². The highest BCUT2D eigenvalue weighted by Crippen LogP contribution is 2.21. The van der Waals surface area contributed by atoms with Crippen LogP contribution in [0.2, 0.25) is 0 Å². The lowest BCUT2D eigenvalue weighted by atomic mass is 10.1. The topological polar surface area (TPSA) is 25.2 Å². The molecule has 84 valence electrons. The number of aromatic nitrogens is 1. The minimum Gasteiger partial charge on any atom is -0.392 e. The minimum atomic E-state index is 0.0606. The van der Waals surface area contributed by atoms with E-state index in [4.69, 9.17) is 11.5 Å². The van der Waals surface area contributed by atoms with Crippen LogP contribution in [0.5, 0.6) is 0 Å². The Hall–Kier alpha value is -1.72. The van der Waals surface area contributed by atoms with E-state index in [1.165, 1.54) is 0 Å². The Morgan fingerprint density at radius 2 is 2.06 bits per heavy atom. The second kappa shape index (κ2) is 5.39. The quantitative estimate of drug-likeness (QED) is 0.607. The van der Waals surface area contributed by atoms with Gasteiger partial charge in [0.1, 0.15) is 0 Å². The van der Waals surface area contributed by atoms with Crippen LogP contribution >= 0.6 is 0 Å². The van der Waals surface area contributed by atoms with Crippen molar-refractivity contribution in [2.24, 2.45) is 7.05 Å². The predicted molar refractivity (Wildman–Crippen MR) is 68.1 cm³/mol. The molecule has 0 saturated heterocycles. The molecular formula is C14H17NO. The van der Waals surface area contributed by atoms with Crippen LogP contribution in [0.1, 0.15) is 22.5 Å². The van der Waals surface area contributed by atoms with Gasteiger partial charge in [0.15, 0.2) is 0 Å². The molecule has 0 aliphatic rings. The van der Waals surface area contributed by atoms with Crippen LogP contribution in [0, 0.1) is 26.2 Å². The molecule has 0 bridgehead atoms. The van der Waals surface area contributed by atoms with Crippen LogP contribution < -0.4 is 0 Å². The molecule has 0 amide bonds. The van der Waals surface area contributed by atoms with E-state index in [2.05, 4.69) is 10.5 Å². The van der Waals surface area contributed by atoms with Gasteiger partial charge in [-0.05, 0) is 25.5 Å². The molecule has 0 atom stereocenters. The third kappa shape index (κ3) is 2.26. The van der Waals surface area contributed by atoms with Gasteiger partial charge in [-0.1, -0.05) is 24.1 Å². The Morgan fingerprint density at radius 3 is 2.56 bits per heavy atom. The highest BCUT2D eigenvalue weighted by molar-refractivity contribution is 5.60. The van der Waals surface area contributed by atoms with Gasteiger partial charge in [0.2, 0.25) is 0 Å². The zero-order valence-corrected chi connectivity index (χ0v) is 9.99. The van der Waals surface area contributed by atoms with Crippen LogP contribution in [0.15, 0.2) is 18.2 Å². The number of allylic oxidation sites excluding steroid dienone is 2. The summed E-state index contributed by atoms with van der Waals surface area (Å²) in [5.41, 5.74) is 4.29. The smallest absolute Gasteiger partial charge is 0.0615 e. The van der Waals surface area contributed by atoms with Crippen LogP contribution in [0.4, 0.5) is 0 Å². The normalized spacial score (nSPS) is 11.4. The molecule has 1 heterocycles. The first kappa shape index (κ1) is 12.4. The molecule has 2 nitrogen and oxygen atoms in total. The number of terminal acetylenes is 1.